The fraction of sp³-hybridized carbons (Fsp3) is 0.179. The molecule has 9 nitrogen and oxygen atoms in total. The van der Waals surface area contributed by atoms with Gasteiger partial charge in [0.05, 0.1) is 27.4 Å². The van der Waals surface area contributed by atoms with Crippen molar-refractivity contribution in [1.82, 2.24) is 25.0 Å². The van der Waals surface area contributed by atoms with E-state index in [9.17, 15) is 4.79 Å². The number of nitrogen functional groups attached to an aromatic ring is 1. The highest BCUT2D eigenvalue weighted by atomic mass is 35.5. The van der Waals surface area contributed by atoms with Crippen molar-refractivity contribution in [3.63, 3.8) is 0 Å². The van der Waals surface area contributed by atoms with Crippen molar-refractivity contribution in [1.29, 1.82) is 0 Å². The number of hydrogen-bond acceptors (Lipinski definition) is 8. The van der Waals surface area contributed by atoms with Gasteiger partial charge in [-0.1, -0.05) is 29.3 Å². The van der Waals surface area contributed by atoms with Crippen LogP contribution in [0.25, 0.3) is 34.0 Å². The van der Waals surface area contributed by atoms with Crippen LogP contribution < -0.4 is 10.6 Å². The van der Waals surface area contributed by atoms with Crippen molar-refractivity contribution in [3.05, 3.63) is 82.7 Å². The summed E-state index contributed by atoms with van der Waals surface area (Å²) in [7, 11) is 0. The van der Waals surface area contributed by atoms with E-state index in [0.29, 0.717) is 26.7 Å². The van der Waals surface area contributed by atoms with Gasteiger partial charge in [0, 0.05) is 41.3 Å². The van der Waals surface area contributed by atoms with E-state index in [1.54, 1.807) is 24.4 Å². The van der Waals surface area contributed by atoms with Gasteiger partial charge < -0.3 is 15.1 Å². The van der Waals surface area contributed by atoms with Gasteiger partial charge in [0.2, 0.25) is 0 Å². The Morgan fingerprint density at radius 3 is 2.51 bits per heavy atom. The monoisotopic (exact) mass is 559 g/mol. The van der Waals surface area contributed by atoms with Crippen molar-refractivity contribution in [2.45, 2.75) is 25.4 Å². The molecule has 6 rings (SSSR count). The second-order valence-electron chi connectivity index (χ2n) is 9.25. The minimum absolute atomic E-state index is 0.0506. The summed E-state index contributed by atoms with van der Waals surface area (Å²) in [6.45, 7) is 0.906. The number of benzene rings is 2. The molecular formula is C28H23Cl2N7O2. The quantitative estimate of drug-likeness (QED) is 0.232. The molecule has 196 valence electrons. The van der Waals surface area contributed by atoms with Gasteiger partial charge in [0.25, 0.3) is 11.8 Å². The van der Waals surface area contributed by atoms with Crippen LogP contribution in [0.3, 0.4) is 0 Å². The van der Waals surface area contributed by atoms with Crippen LogP contribution >= 0.6 is 23.2 Å². The maximum Gasteiger partial charge on any atom is 0.251 e. The summed E-state index contributed by atoms with van der Waals surface area (Å²) in [6, 6.07) is 14.6. The van der Waals surface area contributed by atoms with Crippen LogP contribution in [-0.4, -0.2) is 37.8 Å². The molecule has 4 heterocycles. The van der Waals surface area contributed by atoms with Crippen LogP contribution in [-0.2, 0) is 0 Å². The molecule has 0 bridgehead atoms. The first kappa shape index (κ1) is 25.1. The third kappa shape index (κ3) is 4.86. The van der Waals surface area contributed by atoms with Crippen LogP contribution in [0, 0.1) is 0 Å². The minimum Gasteiger partial charge on any atom is -0.416 e. The highest BCUT2D eigenvalue weighted by Gasteiger charge is 2.25. The number of rotatable bonds is 6. The lowest BCUT2D eigenvalue weighted by Crippen LogP contribution is -2.37. The zero-order valence-corrected chi connectivity index (χ0v) is 22.2. The Bertz CT molecular complexity index is 1630. The molecule has 2 aromatic carbocycles. The number of carbonyl (C=O) groups excluding carboxylic acids is 1. The standard InChI is InChI=1S/C28H23Cl2N7O2/c29-22-4-3-5-23(30)25(22)28-35-34-27(39-28)21-12-18(13-32-26(21)31)19-14-33-37(15-19)24-6-1-2-11-36(24)20-9-7-17(16-38)8-10-20/h3-5,7-10,12-16,24H,1-2,6,11H2,(H2,31,32). The van der Waals surface area contributed by atoms with Crippen LogP contribution in [0.2, 0.25) is 10.0 Å². The lowest BCUT2D eigenvalue weighted by molar-refractivity contribution is 0.112. The first-order chi connectivity index (χ1) is 19.0. The van der Waals surface area contributed by atoms with Gasteiger partial charge in [-0.05, 0) is 61.7 Å². The normalized spacial score (nSPS) is 15.4. The molecule has 39 heavy (non-hydrogen) atoms. The average Bonchev–Trinajstić information content (AvgIpc) is 3.64. The van der Waals surface area contributed by atoms with Gasteiger partial charge in [-0.25, -0.2) is 9.67 Å². The zero-order chi connectivity index (χ0) is 26.9. The van der Waals surface area contributed by atoms with Gasteiger partial charge in [-0.2, -0.15) is 5.10 Å². The van der Waals surface area contributed by atoms with Crippen LogP contribution in [0.4, 0.5) is 11.5 Å². The number of piperidine rings is 1. The number of hydrogen-bond donors (Lipinski definition) is 1. The number of aldehydes is 1. The third-order valence-electron chi connectivity index (χ3n) is 6.82. The van der Waals surface area contributed by atoms with E-state index >= 15 is 0 Å². The average molecular weight is 560 g/mol. The molecule has 5 aromatic rings. The van der Waals surface area contributed by atoms with Crippen molar-refractivity contribution >= 4 is 41.0 Å². The summed E-state index contributed by atoms with van der Waals surface area (Å²) in [5, 5.41) is 13.8. The maximum atomic E-state index is 11.1. The Labute approximate surface area is 234 Å². The Hall–Kier alpha value is -4.21. The molecular weight excluding hydrogens is 537 g/mol. The number of halogens is 2. The molecule has 1 aliphatic heterocycles. The summed E-state index contributed by atoms with van der Waals surface area (Å²) in [6.07, 6.45) is 9.56. The van der Waals surface area contributed by atoms with E-state index in [1.807, 2.05) is 47.4 Å². The molecule has 0 spiro atoms. The number of aromatic nitrogens is 5. The lowest BCUT2D eigenvalue weighted by Gasteiger charge is -2.37. The highest BCUT2D eigenvalue weighted by Crippen LogP contribution is 2.37. The molecule has 1 aliphatic rings. The summed E-state index contributed by atoms with van der Waals surface area (Å²) in [4.78, 5) is 17.8. The molecule has 2 N–H and O–H groups in total. The number of nitrogens with zero attached hydrogens (tertiary/aromatic N) is 6. The van der Waals surface area contributed by atoms with Crippen LogP contribution in [0.5, 0.6) is 0 Å². The SMILES string of the molecule is Nc1ncc(-c2cnn(C3CCCCN3c3ccc(C=O)cc3)c2)cc1-c1nnc(-c2c(Cl)cccc2Cl)o1. The first-order valence-corrected chi connectivity index (χ1v) is 13.2. The highest BCUT2D eigenvalue weighted by molar-refractivity contribution is 6.38. The molecule has 11 heteroatoms. The molecule has 0 radical (unpaired) electrons. The minimum atomic E-state index is 0.0506. The second kappa shape index (κ2) is 10.5. The Balaban J connectivity index is 1.30. The molecule has 1 unspecified atom stereocenters. The van der Waals surface area contributed by atoms with Gasteiger partial charge >= 0.3 is 0 Å². The summed E-state index contributed by atoms with van der Waals surface area (Å²) in [5.41, 5.74) is 10.5. The topological polar surface area (TPSA) is 116 Å². The molecule has 1 fully saturated rings. The first-order valence-electron chi connectivity index (χ1n) is 12.4. The van der Waals surface area contributed by atoms with Gasteiger partial charge in [-0.15, -0.1) is 10.2 Å². The van der Waals surface area contributed by atoms with E-state index < -0.39 is 0 Å². The molecule has 0 aliphatic carbocycles. The van der Waals surface area contributed by atoms with Gasteiger partial charge in [0.1, 0.15) is 18.3 Å². The van der Waals surface area contributed by atoms with E-state index in [1.165, 1.54) is 0 Å². The van der Waals surface area contributed by atoms with Crippen LogP contribution in [0.15, 0.2) is 71.5 Å². The Morgan fingerprint density at radius 1 is 0.974 bits per heavy atom. The van der Waals surface area contributed by atoms with Crippen LogP contribution in [0.1, 0.15) is 35.8 Å². The molecule has 0 amide bonds. The number of pyridine rings is 1. The van der Waals surface area contributed by atoms with Gasteiger partial charge in [-0.3, -0.25) is 4.79 Å². The van der Waals surface area contributed by atoms with E-state index in [4.69, 9.17) is 38.5 Å². The van der Waals surface area contributed by atoms with E-state index in [-0.39, 0.29) is 23.8 Å². The summed E-state index contributed by atoms with van der Waals surface area (Å²) >= 11 is 12.6. The fourth-order valence-corrected chi connectivity index (χ4v) is 5.38. The zero-order valence-electron chi connectivity index (χ0n) is 20.7. The van der Waals surface area contributed by atoms with Crippen molar-refractivity contribution < 1.29 is 9.21 Å². The fourth-order valence-electron chi connectivity index (χ4n) is 4.82. The largest absolute Gasteiger partial charge is 0.416 e. The predicted molar refractivity (Wildman–Crippen MR) is 151 cm³/mol. The molecule has 1 atom stereocenters. The van der Waals surface area contributed by atoms with Crippen molar-refractivity contribution in [2.75, 3.05) is 17.2 Å². The number of carbonyl (C=O) groups is 1. The Kier molecular flexibility index (Phi) is 6.76. The van der Waals surface area contributed by atoms with Crippen molar-refractivity contribution in [2.24, 2.45) is 0 Å². The number of anilines is 2. The maximum absolute atomic E-state index is 11.1. The van der Waals surface area contributed by atoms with E-state index in [2.05, 4.69) is 20.1 Å². The Morgan fingerprint density at radius 2 is 1.74 bits per heavy atom. The molecule has 0 saturated carbocycles. The third-order valence-corrected chi connectivity index (χ3v) is 7.45. The number of nitrogens with two attached hydrogens (primary N) is 1. The van der Waals surface area contributed by atoms with E-state index in [0.717, 1.165) is 48.9 Å². The summed E-state index contributed by atoms with van der Waals surface area (Å²) in [5.74, 6) is 0.651. The summed E-state index contributed by atoms with van der Waals surface area (Å²) < 4.78 is 7.88. The molecule has 3 aromatic heterocycles. The second-order valence-corrected chi connectivity index (χ2v) is 10.1. The van der Waals surface area contributed by atoms with Gasteiger partial charge in [0.15, 0.2) is 0 Å². The predicted octanol–water partition coefficient (Wildman–Crippen LogP) is 6.55. The smallest absolute Gasteiger partial charge is 0.251 e. The molecule has 1 saturated heterocycles. The lowest BCUT2D eigenvalue weighted by atomic mass is 10.1. The van der Waals surface area contributed by atoms with Crippen molar-refractivity contribution in [3.8, 4) is 34.0 Å².